The fourth-order valence-corrected chi connectivity index (χ4v) is 2.59. The minimum absolute atomic E-state index is 0.190. The van der Waals surface area contributed by atoms with E-state index in [-0.39, 0.29) is 11.9 Å². The molecular formula is C14H16N2O2S. The molecule has 0 radical (unpaired) electrons. The van der Waals surface area contributed by atoms with Crippen molar-refractivity contribution in [1.82, 2.24) is 10.3 Å². The van der Waals surface area contributed by atoms with Gasteiger partial charge in [0.1, 0.15) is 5.69 Å². The van der Waals surface area contributed by atoms with Crippen LogP contribution in [0.3, 0.4) is 0 Å². The normalized spacial score (nSPS) is 13.7. The number of nitrogens with one attached hydrogen (secondary N) is 2. The Morgan fingerprint density at radius 3 is 2.58 bits per heavy atom. The number of carbonyl (C=O) groups is 1. The topological polar surface area (TPSA) is 62.0 Å². The van der Waals surface area contributed by atoms with Gasteiger partial charge in [-0.15, -0.1) is 0 Å². The van der Waals surface area contributed by atoms with E-state index in [0.717, 1.165) is 5.56 Å². The molecule has 1 heterocycles. The van der Waals surface area contributed by atoms with Crippen molar-refractivity contribution >= 4 is 16.7 Å². The molecule has 0 aliphatic carbocycles. The summed E-state index contributed by atoms with van der Waals surface area (Å²) in [5, 5.41) is 2.90. The van der Waals surface area contributed by atoms with Crippen LogP contribution in [0.2, 0.25) is 0 Å². The number of rotatable bonds is 5. The first-order valence-corrected chi connectivity index (χ1v) is 7.69. The highest BCUT2D eigenvalue weighted by atomic mass is 32.2. The Hall–Kier alpha value is -1.88. The Bertz CT molecular complexity index is 552. The van der Waals surface area contributed by atoms with Gasteiger partial charge >= 0.3 is 0 Å². The number of hydrogen-bond acceptors (Lipinski definition) is 2. The molecule has 0 saturated carbocycles. The summed E-state index contributed by atoms with van der Waals surface area (Å²) in [4.78, 5) is 14.9. The van der Waals surface area contributed by atoms with Crippen molar-refractivity contribution in [3.63, 3.8) is 0 Å². The summed E-state index contributed by atoms with van der Waals surface area (Å²) < 4.78 is 11.4. The van der Waals surface area contributed by atoms with Crippen LogP contribution in [0.4, 0.5) is 0 Å². The molecule has 1 aromatic heterocycles. The zero-order valence-corrected chi connectivity index (χ0v) is 11.4. The van der Waals surface area contributed by atoms with Gasteiger partial charge in [0.05, 0.1) is 6.04 Å². The van der Waals surface area contributed by atoms with Gasteiger partial charge in [0.25, 0.3) is 5.91 Å². The Balaban J connectivity index is 2.15. The molecule has 0 bridgehead atoms. The zero-order chi connectivity index (χ0) is 13.7. The van der Waals surface area contributed by atoms with E-state index in [9.17, 15) is 9.00 Å². The molecule has 0 aliphatic rings. The number of aromatic amines is 1. The molecule has 0 unspecified atom stereocenters. The molecule has 0 fully saturated rings. The first kappa shape index (κ1) is 13.5. The van der Waals surface area contributed by atoms with Crippen molar-refractivity contribution in [2.75, 3.05) is 12.0 Å². The van der Waals surface area contributed by atoms with Gasteiger partial charge in [-0.25, -0.2) is 0 Å². The summed E-state index contributed by atoms with van der Waals surface area (Å²) in [7, 11) is -0.984. The van der Waals surface area contributed by atoms with Crippen LogP contribution in [0.25, 0.3) is 0 Å². The maximum absolute atomic E-state index is 12.0. The predicted molar refractivity (Wildman–Crippen MR) is 76.4 cm³/mol. The molecule has 0 saturated heterocycles. The molecular weight excluding hydrogens is 260 g/mol. The van der Waals surface area contributed by atoms with Gasteiger partial charge in [-0.3, -0.25) is 9.00 Å². The second-order valence-electron chi connectivity index (χ2n) is 4.26. The number of hydrogen-bond donors (Lipinski definition) is 2. The van der Waals surface area contributed by atoms with Crippen molar-refractivity contribution in [3.8, 4) is 0 Å². The van der Waals surface area contributed by atoms with E-state index in [2.05, 4.69) is 10.3 Å². The quantitative estimate of drug-likeness (QED) is 0.875. The fourth-order valence-electron chi connectivity index (χ4n) is 1.85. The van der Waals surface area contributed by atoms with Crippen LogP contribution >= 0.6 is 0 Å². The average molecular weight is 276 g/mol. The molecule has 2 N–H and O–H groups in total. The number of carbonyl (C=O) groups excluding carboxylic acids is 1. The lowest BCUT2D eigenvalue weighted by Crippen LogP contribution is -2.32. The third-order valence-corrected chi connectivity index (χ3v) is 3.55. The molecule has 100 valence electrons. The van der Waals surface area contributed by atoms with E-state index in [1.165, 1.54) is 0 Å². The molecule has 5 heteroatoms. The molecule has 19 heavy (non-hydrogen) atoms. The van der Waals surface area contributed by atoms with E-state index < -0.39 is 10.8 Å². The van der Waals surface area contributed by atoms with Gasteiger partial charge in [-0.1, -0.05) is 30.3 Å². The highest BCUT2D eigenvalue weighted by Gasteiger charge is 2.17. The van der Waals surface area contributed by atoms with Crippen LogP contribution in [0.1, 0.15) is 22.1 Å². The Kier molecular flexibility index (Phi) is 4.52. The van der Waals surface area contributed by atoms with Crippen LogP contribution < -0.4 is 5.32 Å². The number of aromatic nitrogens is 1. The molecule has 4 nitrogen and oxygen atoms in total. The average Bonchev–Trinajstić information content (AvgIpc) is 2.92. The van der Waals surface area contributed by atoms with Gasteiger partial charge in [0, 0.05) is 29.0 Å². The summed E-state index contributed by atoms with van der Waals surface area (Å²) in [6.07, 6.45) is 3.33. The first-order chi connectivity index (χ1) is 9.16. The smallest absolute Gasteiger partial charge is 0.268 e. The predicted octanol–water partition coefficient (Wildman–Crippen LogP) is 1.86. The van der Waals surface area contributed by atoms with Crippen molar-refractivity contribution in [2.24, 2.45) is 0 Å². The standard InChI is InChI=1S/C14H16N2O2S/c1-19(18)10-13(11-6-3-2-4-7-11)16-14(17)12-8-5-9-15-12/h2-9,13,15H,10H2,1H3,(H,16,17)/t13-,19-/m0/s1. The summed E-state index contributed by atoms with van der Waals surface area (Å²) in [6.45, 7) is 0. The lowest BCUT2D eigenvalue weighted by Gasteiger charge is -2.17. The molecule has 2 rings (SSSR count). The third kappa shape index (κ3) is 3.79. The van der Waals surface area contributed by atoms with Crippen molar-refractivity contribution in [3.05, 3.63) is 59.9 Å². The van der Waals surface area contributed by atoms with Crippen LogP contribution in [-0.2, 0) is 10.8 Å². The van der Waals surface area contributed by atoms with Crippen molar-refractivity contribution in [1.29, 1.82) is 0 Å². The Morgan fingerprint density at radius 2 is 2.00 bits per heavy atom. The summed E-state index contributed by atoms with van der Waals surface area (Å²) in [5.41, 5.74) is 1.46. The minimum Gasteiger partial charge on any atom is -0.357 e. The molecule has 0 spiro atoms. The molecule has 2 atom stereocenters. The van der Waals surface area contributed by atoms with Gasteiger partial charge in [0.15, 0.2) is 0 Å². The summed E-state index contributed by atoms with van der Waals surface area (Å²) in [6, 6.07) is 12.8. The third-order valence-electron chi connectivity index (χ3n) is 2.75. The second kappa shape index (κ2) is 6.33. The summed E-state index contributed by atoms with van der Waals surface area (Å²) >= 11 is 0. The van der Waals surface area contributed by atoms with Crippen molar-refractivity contribution in [2.45, 2.75) is 6.04 Å². The van der Waals surface area contributed by atoms with Gasteiger partial charge < -0.3 is 10.3 Å². The molecule has 2 aromatic rings. The maximum atomic E-state index is 12.0. The number of benzene rings is 1. The van der Waals surface area contributed by atoms with E-state index in [0.29, 0.717) is 11.4 Å². The van der Waals surface area contributed by atoms with Crippen LogP contribution in [0, 0.1) is 0 Å². The highest BCUT2D eigenvalue weighted by Crippen LogP contribution is 2.14. The first-order valence-electron chi connectivity index (χ1n) is 5.96. The Labute approximate surface area is 114 Å². The second-order valence-corrected chi connectivity index (χ2v) is 5.74. The highest BCUT2D eigenvalue weighted by molar-refractivity contribution is 7.84. The SMILES string of the molecule is C[S@](=O)C[C@H](NC(=O)c1ccc[nH]1)c1ccccc1. The van der Waals surface area contributed by atoms with Crippen LogP contribution in [0.5, 0.6) is 0 Å². The van der Waals surface area contributed by atoms with E-state index in [4.69, 9.17) is 0 Å². The van der Waals surface area contributed by atoms with Gasteiger partial charge in [0.2, 0.25) is 0 Å². The zero-order valence-electron chi connectivity index (χ0n) is 10.6. The van der Waals surface area contributed by atoms with E-state index in [1.54, 1.807) is 24.6 Å². The molecule has 0 aliphatic heterocycles. The monoisotopic (exact) mass is 276 g/mol. The van der Waals surface area contributed by atoms with Gasteiger partial charge in [-0.05, 0) is 17.7 Å². The summed E-state index contributed by atoms with van der Waals surface area (Å²) in [5.74, 6) is 0.209. The lowest BCUT2D eigenvalue weighted by molar-refractivity contribution is 0.0936. The largest absolute Gasteiger partial charge is 0.357 e. The lowest BCUT2D eigenvalue weighted by atomic mass is 10.1. The van der Waals surface area contributed by atoms with E-state index in [1.807, 2.05) is 30.3 Å². The van der Waals surface area contributed by atoms with Crippen molar-refractivity contribution < 1.29 is 9.00 Å². The maximum Gasteiger partial charge on any atom is 0.268 e. The molecule has 1 aromatic carbocycles. The van der Waals surface area contributed by atoms with Crippen LogP contribution in [0.15, 0.2) is 48.7 Å². The van der Waals surface area contributed by atoms with Gasteiger partial charge in [-0.2, -0.15) is 0 Å². The Morgan fingerprint density at radius 1 is 1.26 bits per heavy atom. The fraction of sp³-hybridized carbons (Fsp3) is 0.214. The number of amides is 1. The number of H-pyrrole nitrogens is 1. The van der Waals surface area contributed by atoms with E-state index >= 15 is 0 Å². The van der Waals surface area contributed by atoms with Crippen LogP contribution in [-0.4, -0.2) is 27.1 Å². The minimum atomic E-state index is -0.984. The molecule has 1 amide bonds.